The van der Waals surface area contributed by atoms with E-state index in [1.165, 1.54) is 12.8 Å². The van der Waals surface area contributed by atoms with Crippen LogP contribution in [0.4, 0.5) is 4.79 Å². The van der Waals surface area contributed by atoms with E-state index in [-0.39, 0.29) is 23.9 Å². The van der Waals surface area contributed by atoms with Crippen LogP contribution in [0.2, 0.25) is 0 Å². The Morgan fingerprint density at radius 1 is 1.20 bits per heavy atom. The smallest absolute Gasteiger partial charge is 0.318 e. The van der Waals surface area contributed by atoms with Crippen LogP contribution < -0.4 is 14.8 Å². The van der Waals surface area contributed by atoms with Crippen LogP contribution in [-0.2, 0) is 0 Å². The van der Waals surface area contributed by atoms with Gasteiger partial charge in [0.05, 0.1) is 19.3 Å². The maximum absolute atomic E-state index is 13.3. The minimum absolute atomic E-state index is 0.0235. The summed E-state index contributed by atoms with van der Waals surface area (Å²) in [5.41, 5.74) is 2.04. The van der Waals surface area contributed by atoms with Crippen LogP contribution >= 0.6 is 0 Å². The molecule has 0 spiro atoms. The van der Waals surface area contributed by atoms with Gasteiger partial charge in [0, 0.05) is 41.7 Å². The maximum Gasteiger partial charge on any atom is 0.318 e. The predicted molar refractivity (Wildman–Crippen MR) is 114 cm³/mol. The molecule has 0 unspecified atom stereocenters. The second kappa shape index (κ2) is 8.17. The fourth-order valence-corrected chi connectivity index (χ4v) is 5.16. The first-order valence-electron chi connectivity index (χ1n) is 11.0. The summed E-state index contributed by atoms with van der Waals surface area (Å²) in [6.07, 6.45) is 4.57. The lowest BCUT2D eigenvalue weighted by molar-refractivity contribution is 0.126. The van der Waals surface area contributed by atoms with Crippen LogP contribution in [0.1, 0.15) is 43.0 Å². The fraction of sp³-hybridized carbons (Fsp3) is 0.500. The number of ether oxygens (including phenoxy) is 2. The molecule has 6 heteroatoms. The Morgan fingerprint density at radius 2 is 2.03 bits per heavy atom. The summed E-state index contributed by atoms with van der Waals surface area (Å²) in [4.78, 5) is 19.7. The number of carbonyl (C=O) groups is 1. The molecule has 3 aliphatic rings. The van der Waals surface area contributed by atoms with Crippen LogP contribution in [0.25, 0.3) is 0 Å². The van der Waals surface area contributed by atoms with Gasteiger partial charge in [0.15, 0.2) is 0 Å². The summed E-state index contributed by atoms with van der Waals surface area (Å²) < 4.78 is 12.1. The molecule has 2 aromatic rings. The molecule has 1 saturated carbocycles. The van der Waals surface area contributed by atoms with Gasteiger partial charge in [-0.15, -0.1) is 0 Å². The molecular weight excluding hydrogens is 378 g/mol. The first-order valence-corrected chi connectivity index (χ1v) is 11.0. The zero-order valence-corrected chi connectivity index (χ0v) is 17.4. The zero-order valence-electron chi connectivity index (χ0n) is 17.4. The number of rotatable bonds is 4. The normalized spacial score (nSPS) is 25.4. The number of hydrogen-bond acceptors (Lipinski definition) is 4. The SMILES string of the molecule is Cc1cccc(OC[C@@H]2CN(C(=O)NC3CCCC3)[C@H]3c4ccccc4OC[C@@H]23)n1. The summed E-state index contributed by atoms with van der Waals surface area (Å²) in [5, 5.41) is 3.28. The molecule has 1 aromatic carbocycles. The van der Waals surface area contributed by atoms with E-state index in [0.29, 0.717) is 31.7 Å². The van der Waals surface area contributed by atoms with Gasteiger partial charge in [0.2, 0.25) is 5.88 Å². The molecule has 1 N–H and O–H groups in total. The van der Waals surface area contributed by atoms with E-state index in [9.17, 15) is 4.79 Å². The summed E-state index contributed by atoms with van der Waals surface area (Å²) in [6.45, 7) is 3.75. The van der Waals surface area contributed by atoms with Gasteiger partial charge in [-0.3, -0.25) is 0 Å². The minimum Gasteiger partial charge on any atom is -0.493 e. The lowest BCUT2D eigenvalue weighted by Crippen LogP contribution is -2.45. The van der Waals surface area contributed by atoms with Crippen molar-refractivity contribution in [1.82, 2.24) is 15.2 Å². The van der Waals surface area contributed by atoms with E-state index in [4.69, 9.17) is 9.47 Å². The van der Waals surface area contributed by atoms with Crippen molar-refractivity contribution in [3.05, 3.63) is 53.7 Å². The molecular formula is C24H29N3O3. The van der Waals surface area contributed by atoms with Crippen molar-refractivity contribution < 1.29 is 14.3 Å². The van der Waals surface area contributed by atoms with Crippen molar-refractivity contribution in [2.75, 3.05) is 19.8 Å². The lowest BCUT2D eigenvalue weighted by Gasteiger charge is -2.34. The average molecular weight is 408 g/mol. The van der Waals surface area contributed by atoms with E-state index in [1.54, 1.807) is 0 Å². The van der Waals surface area contributed by atoms with Crippen LogP contribution in [0.3, 0.4) is 0 Å². The number of nitrogens with one attached hydrogen (secondary N) is 1. The molecule has 2 amide bonds. The molecule has 3 atom stereocenters. The topological polar surface area (TPSA) is 63.7 Å². The highest BCUT2D eigenvalue weighted by atomic mass is 16.5. The second-order valence-electron chi connectivity index (χ2n) is 8.73. The number of fused-ring (bicyclic) bond motifs is 3. The number of urea groups is 1. The number of nitrogens with zero attached hydrogens (tertiary/aromatic N) is 2. The standard InChI is InChI=1S/C24H29N3O3/c1-16-7-6-12-22(25-16)30-14-17-13-27(24(28)26-18-8-2-3-9-18)23-19-10-4-5-11-21(19)29-15-20(17)23/h4-7,10-12,17-18,20,23H,2-3,8-9,13-15H2,1H3,(H,26,28)/t17-,20-,23-/m0/s1. The van der Waals surface area contributed by atoms with Gasteiger partial charge >= 0.3 is 6.03 Å². The molecule has 158 valence electrons. The van der Waals surface area contributed by atoms with Crippen molar-refractivity contribution in [3.63, 3.8) is 0 Å². The largest absolute Gasteiger partial charge is 0.493 e. The molecule has 3 heterocycles. The van der Waals surface area contributed by atoms with Gasteiger partial charge in [-0.25, -0.2) is 9.78 Å². The van der Waals surface area contributed by atoms with Gasteiger partial charge in [-0.05, 0) is 31.9 Å². The Labute approximate surface area is 177 Å². The van der Waals surface area contributed by atoms with Gasteiger partial charge in [0.25, 0.3) is 0 Å². The summed E-state index contributed by atoms with van der Waals surface area (Å²) >= 11 is 0. The summed E-state index contributed by atoms with van der Waals surface area (Å²) in [6, 6.07) is 14.3. The molecule has 6 nitrogen and oxygen atoms in total. The van der Waals surface area contributed by atoms with Gasteiger partial charge < -0.3 is 19.7 Å². The number of amides is 2. The Kier molecular flexibility index (Phi) is 5.23. The van der Waals surface area contributed by atoms with E-state index >= 15 is 0 Å². The molecule has 0 bridgehead atoms. The molecule has 0 radical (unpaired) electrons. The summed E-state index contributed by atoms with van der Waals surface area (Å²) in [5.74, 6) is 1.93. The van der Waals surface area contributed by atoms with Crippen molar-refractivity contribution in [1.29, 1.82) is 0 Å². The molecule has 1 aliphatic carbocycles. The number of benzene rings is 1. The van der Waals surface area contributed by atoms with Gasteiger partial charge in [-0.2, -0.15) is 0 Å². The van der Waals surface area contributed by atoms with Crippen LogP contribution in [-0.4, -0.2) is 41.7 Å². The van der Waals surface area contributed by atoms with E-state index < -0.39 is 0 Å². The number of hydrogen-bond donors (Lipinski definition) is 1. The number of likely N-dealkylation sites (tertiary alicyclic amines) is 1. The Morgan fingerprint density at radius 3 is 2.87 bits per heavy atom. The maximum atomic E-state index is 13.3. The Bertz CT molecular complexity index is 912. The second-order valence-corrected chi connectivity index (χ2v) is 8.73. The summed E-state index contributed by atoms with van der Waals surface area (Å²) in [7, 11) is 0. The lowest BCUT2D eigenvalue weighted by atomic mass is 9.86. The fourth-order valence-electron chi connectivity index (χ4n) is 5.16. The van der Waals surface area contributed by atoms with Gasteiger partial charge in [0.1, 0.15) is 5.75 Å². The van der Waals surface area contributed by atoms with Gasteiger partial charge in [-0.1, -0.05) is 37.1 Å². The molecule has 2 fully saturated rings. The highest BCUT2D eigenvalue weighted by Gasteiger charge is 2.48. The minimum atomic E-state index is 0.0235. The van der Waals surface area contributed by atoms with Crippen molar-refractivity contribution in [2.24, 2.45) is 11.8 Å². The highest BCUT2D eigenvalue weighted by molar-refractivity contribution is 5.76. The molecule has 30 heavy (non-hydrogen) atoms. The van der Waals surface area contributed by atoms with E-state index in [0.717, 1.165) is 29.8 Å². The monoisotopic (exact) mass is 407 g/mol. The zero-order chi connectivity index (χ0) is 20.5. The number of aromatic nitrogens is 1. The quantitative estimate of drug-likeness (QED) is 0.829. The molecule has 5 rings (SSSR count). The number of carbonyl (C=O) groups excluding carboxylic acids is 1. The van der Waals surface area contributed by atoms with Crippen LogP contribution in [0.15, 0.2) is 42.5 Å². The third kappa shape index (κ3) is 3.71. The molecule has 2 aliphatic heterocycles. The van der Waals surface area contributed by atoms with Crippen molar-refractivity contribution >= 4 is 6.03 Å². The first kappa shape index (κ1) is 19.2. The molecule has 1 aromatic heterocycles. The first-order chi connectivity index (χ1) is 14.7. The number of aryl methyl sites for hydroxylation is 1. The Hall–Kier alpha value is -2.76. The molecule has 1 saturated heterocycles. The van der Waals surface area contributed by atoms with E-state index in [2.05, 4.69) is 16.4 Å². The number of pyridine rings is 1. The van der Waals surface area contributed by atoms with Crippen molar-refractivity contribution in [3.8, 4) is 11.6 Å². The third-order valence-corrected chi connectivity index (χ3v) is 6.70. The van der Waals surface area contributed by atoms with Crippen LogP contribution in [0.5, 0.6) is 11.6 Å². The average Bonchev–Trinajstić information content (AvgIpc) is 3.40. The predicted octanol–water partition coefficient (Wildman–Crippen LogP) is 4.10. The third-order valence-electron chi connectivity index (χ3n) is 6.70. The highest BCUT2D eigenvalue weighted by Crippen LogP contribution is 2.47. The Balaban J connectivity index is 1.37. The van der Waals surface area contributed by atoms with Crippen molar-refractivity contribution in [2.45, 2.75) is 44.7 Å². The van der Waals surface area contributed by atoms with Crippen LogP contribution in [0, 0.1) is 18.8 Å². The van der Waals surface area contributed by atoms with E-state index in [1.807, 2.05) is 48.2 Å². The number of para-hydroxylation sites is 1.